The molecule has 2 atom stereocenters. The van der Waals surface area contributed by atoms with E-state index in [2.05, 4.69) is 38.1 Å². The van der Waals surface area contributed by atoms with Crippen LogP contribution in [-0.2, 0) is 22.3 Å². The molecule has 4 nitrogen and oxygen atoms in total. The molecule has 4 heteroatoms. The van der Waals surface area contributed by atoms with Gasteiger partial charge in [-0.2, -0.15) is 0 Å². The number of carbonyl (C=O) groups excluding carboxylic acids is 2. The van der Waals surface area contributed by atoms with Crippen LogP contribution in [0, 0.1) is 23.7 Å². The number of esters is 2. The first-order valence-corrected chi connectivity index (χ1v) is 27.2. The third-order valence-electron chi connectivity index (χ3n) is 15.4. The van der Waals surface area contributed by atoms with Gasteiger partial charge < -0.3 is 9.47 Å². The molecule has 2 aliphatic carbocycles. The Hall–Kier alpha value is -4.18. The van der Waals surface area contributed by atoms with Crippen LogP contribution in [0.15, 0.2) is 109 Å². The summed E-state index contributed by atoms with van der Waals surface area (Å²) < 4.78 is 12.7. The molecule has 4 aromatic carbocycles. The number of ether oxygens (including phenoxy) is 2. The fourth-order valence-electron chi connectivity index (χ4n) is 11.1. The summed E-state index contributed by atoms with van der Waals surface area (Å²) in [4.78, 5) is 27.9. The zero-order valence-electron chi connectivity index (χ0n) is 41.3. The summed E-state index contributed by atoms with van der Waals surface area (Å²) >= 11 is 0. The van der Waals surface area contributed by atoms with Crippen LogP contribution in [0.5, 0.6) is 0 Å². The smallest absolute Gasteiger partial charge is 0.338 e. The molecule has 0 radical (unpaired) electrons. The number of aryl methyl sites for hydroxylation is 2. The Bertz CT molecular complexity index is 1750. The van der Waals surface area contributed by atoms with Gasteiger partial charge in [-0.1, -0.05) is 253 Å². The van der Waals surface area contributed by atoms with Crippen molar-refractivity contribution in [3.05, 3.63) is 143 Å². The van der Waals surface area contributed by atoms with Crippen LogP contribution in [-0.4, -0.2) is 11.9 Å². The molecule has 0 aromatic heterocycles. The lowest BCUT2D eigenvalue weighted by atomic mass is 9.78. The first-order chi connectivity index (χ1) is 32.5. The van der Waals surface area contributed by atoms with Crippen molar-refractivity contribution in [2.75, 3.05) is 0 Å². The molecule has 66 heavy (non-hydrogen) atoms. The zero-order valence-corrected chi connectivity index (χ0v) is 41.3. The predicted octanol–water partition coefficient (Wildman–Crippen LogP) is 17.9. The average Bonchev–Trinajstić information content (AvgIpc) is 3.36. The van der Waals surface area contributed by atoms with Gasteiger partial charge in [-0.3, -0.25) is 0 Å². The lowest BCUT2D eigenvalue weighted by Crippen LogP contribution is -2.23. The van der Waals surface area contributed by atoms with E-state index in [4.69, 9.17) is 9.47 Å². The number of rotatable bonds is 29. The van der Waals surface area contributed by atoms with Crippen molar-refractivity contribution >= 4 is 11.9 Å². The normalized spacial score (nSPS) is 19.5. The van der Waals surface area contributed by atoms with Crippen LogP contribution in [0.3, 0.4) is 0 Å². The Morgan fingerprint density at radius 1 is 0.394 bits per heavy atom. The lowest BCUT2D eigenvalue weighted by molar-refractivity contribution is -0.0388. The highest BCUT2D eigenvalue weighted by Crippen LogP contribution is 2.38. The zero-order chi connectivity index (χ0) is 46.0. The van der Waals surface area contributed by atoms with Crippen molar-refractivity contribution < 1.29 is 19.1 Å². The molecule has 0 amide bonds. The Labute approximate surface area is 401 Å². The number of benzene rings is 4. The van der Waals surface area contributed by atoms with Crippen LogP contribution in [0.4, 0.5) is 0 Å². The molecule has 0 heterocycles. The van der Waals surface area contributed by atoms with E-state index < -0.39 is 24.1 Å². The molecule has 0 bridgehead atoms. The van der Waals surface area contributed by atoms with E-state index in [1.165, 1.54) is 178 Å². The van der Waals surface area contributed by atoms with Gasteiger partial charge in [0.15, 0.2) is 12.2 Å². The first kappa shape index (κ1) is 51.2. The minimum atomic E-state index is -0.851. The number of hydrogen-bond acceptors (Lipinski definition) is 4. The summed E-state index contributed by atoms with van der Waals surface area (Å²) in [6.45, 7) is 4.59. The molecular formula is C62H86O4. The minimum absolute atomic E-state index is 0.436. The second-order valence-electron chi connectivity index (χ2n) is 20.5. The summed E-state index contributed by atoms with van der Waals surface area (Å²) in [5.41, 5.74) is 5.01. The van der Waals surface area contributed by atoms with Crippen molar-refractivity contribution in [3.63, 3.8) is 0 Å². The summed E-state index contributed by atoms with van der Waals surface area (Å²) in [6.07, 6.45) is 36.1. The molecule has 0 spiro atoms. The Kier molecular flexibility index (Phi) is 22.9. The molecule has 2 saturated carbocycles. The van der Waals surface area contributed by atoms with Gasteiger partial charge in [0.1, 0.15) is 0 Å². The topological polar surface area (TPSA) is 52.6 Å². The van der Waals surface area contributed by atoms with Gasteiger partial charge in [0, 0.05) is 0 Å². The lowest BCUT2D eigenvalue weighted by Gasteiger charge is -2.28. The maximum Gasteiger partial charge on any atom is 0.338 e. The molecule has 4 aromatic rings. The predicted molar refractivity (Wildman–Crippen MR) is 275 cm³/mol. The van der Waals surface area contributed by atoms with Gasteiger partial charge in [-0.15, -0.1) is 0 Å². The highest BCUT2D eigenvalue weighted by molar-refractivity contribution is 5.90. The Morgan fingerprint density at radius 2 is 0.697 bits per heavy atom. The summed E-state index contributed by atoms with van der Waals surface area (Å²) in [5, 5.41) is 0. The average molecular weight is 895 g/mol. The van der Waals surface area contributed by atoms with E-state index in [1.807, 2.05) is 84.9 Å². The fourth-order valence-corrected chi connectivity index (χ4v) is 11.1. The first-order valence-electron chi connectivity index (χ1n) is 27.2. The molecule has 0 unspecified atom stereocenters. The van der Waals surface area contributed by atoms with Gasteiger partial charge in [0.05, 0.1) is 11.1 Å². The van der Waals surface area contributed by atoms with E-state index >= 15 is 0 Å². The van der Waals surface area contributed by atoms with Gasteiger partial charge in [-0.05, 0) is 95.9 Å². The van der Waals surface area contributed by atoms with Crippen LogP contribution >= 0.6 is 0 Å². The van der Waals surface area contributed by atoms with Gasteiger partial charge in [-0.25, -0.2) is 9.59 Å². The quantitative estimate of drug-likeness (QED) is 0.0402. The van der Waals surface area contributed by atoms with Crippen molar-refractivity contribution in [1.29, 1.82) is 0 Å². The third-order valence-corrected chi connectivity index (χ3v) is 15.4. The maximum absolute atomic E-state index is 13.9. The summed E-state index contributed by atoms with van der Waals surface area (Å²) in [7, 11) is 0. The fraction of sp³-hybridized carbons (Fsp3) is 0.581. The van der Waals surface area contributed by atoms with Crippen LogP contribution < -0.4 is 0 Å². The molecule has 0 saturated heterocycles. The third kappa shape index (κ3) is 17.8. The second kappa shape index (κ2) is 29.6. The highest BCUT2D eigenvalue weighted by Gasteiger charge is 2.33. The van der Waals surface area contributed by atoms with E-state index in [-0.39, 0.29) is 0 Å². The minimum Gasteiger partial charge on any atom is -0.450 e. The van der Waals surface area contributed by atoms with E-state index in [9.17, 15) is 9.59 Å². The number of unbranched alkanes of at least 4 members (excludes halogenated alkanes) is 10. The van der Waals surface area contributed by atoms with Crippen molar-refractivity contribution in [2.24, 2.45) is 23.7 Å². The Balaban J connectivity index is 0.966. The molecule has 2 aliphatic rings. The largest absolute Gasteiger partial charge is 0.450 e. The van der Waals surface area contributed by atoms with Gasteiger partial charge in [0.25, 0.3) is 0 Å². The van der Waals surface area contributed by atoms with E-state index in [1.54, 1.807) is 0 Å². The molecular weight excluding hydrogens is 809 g/mol. The van der Waals surface area contributed by atoms with Crippen LogP contribution in [0.25, 0.3) is 0 Å². The molecule has 358 valence electrons. The van der Waals surface area contributed by atoms with E-state index in [0.29, 0.717) is 11.1 Å². The van der Waals surface area contributed by atoms with Gasteiger partial charge >= 0.3 is 11.9 Å². The van der Waals surface area contributed by atoms with Crippen molar-refractivity contribution in [1.82, 2.24) is 0 Å². The summed E-state index contributed by atoms with van der Waals surface area (Å²) in [5.74, 6) is 2.86. The Morgan fingerprint density at radius 3 is 1.02 bits per heavy atom. The van der Waals surface area contributed by atoms with E-state index in [0.717, 1.165) is 47.6 Å². The monoisotopic (exact) mass is 895 g/mol. The number of hydrogen-bond donors (Lipinski definition) is 0. The van der Waals surface area contributed by atoms with Crippen LogP contribution in [0.2, 0.25) is 0 Å². The van der Waals surface area contributed by atoms with Crippen LogP contribution in [0.1, 0.15) is 236 Å². The van der Waals surface area contributed by atoms with Crippen molar-refractivity contribution in [3.8, 4) is 0 Å². The standard InChI is InChI=1S/C62H86O4/c1-3-5-7-9-13-23-49-33-37-51(38-34-49)25-19-21-27-53-41-45-57(46-42-53)61(63)65-59(55-29-15-11-16-30-55)60(56-31-17-12-18-32-56)66-62(64)58-47-43-54(44-48-58)28-22-20-26-52-39-35-50(36-40-52)24-14-10-8-6-4-2/h11-12,15-18,29-32,41-52,59-60H,3-10,13-14,19-28,33-40H2,1-2H3/t49-,50-,51-,52-,59-,60-/m1/s1. The maximum atomic E-state index is 13.9. The second-order valence-corrected chi connectivity index (χ2v) is 20.5. The molecule has 0 aliphatic heterocycles. The highest BCUT2D eigenvalue weighted by atomic mass is 16.6. The summed E-state index contributed by atoms with van der Waals surface area (Å²) in [6, 6.07) is 35.1. The number of carbonyl (C=O) groups is 2. The molecule has 6 rings (SSSR count). The molecule has 2 fully saturated rings. The SMILES string of the molecule is CCCCCCC[C@H]1CC[C@H](CCCCc2ccc(C(=O)O[C@H](c3ccccc3)[C@H](OC(=O)c3ccc(CCCC[C@H]4CC[C@H](CCCCCCC)CC4)cc3)c3ccccc3)cc2)CC1. The van der Waals surface area contributed by atoms with Gasteiger partial charge in [0.2, 0.25) is 0 Å². The molecule has 0 N–H and O–H groups in total. The van der Waals surface area contributed by atoms with Crippen molar-refractivity contribution in [2.45, 2.75) is 206 Å².